The van der Waals surface area contributed by atoms with Crippen LogP contribution >= 0.6 is 0 Å². The van der Waals surface area contributed by atoms with Gasteiger partial charge in [-0.3, -0.25) is 4.68 Å². The quantitative estimate of drug-likeness (QED) is 0.767. The first kappa shape index (κ1) is 15.3. The molecule has 0 radical (unpaired) electrons. The van der Waals surface area contributed by atoms with Crippen LogP contribution in [0.4, 0.5) is 14.5 Å². The van der Waals surface area contributed by atoms with Gasteiger partial charge in [0, 0.05) is 25.7 Å². The van der Waals surface area contributed by atoms with Crippen molar-refractivity contribution in [2.75, 3.05) is 12.3 Å². The van der Waals surface area contributed by atoms with Crippen molar-refractivity contribution in [3.8, 4) is 0 Å². The molecule has 0 spiro atoms. The lowest BCUT2D eigenvalue weighted by molar-refractivity contribution is 0.515. The molecule has 0 unspecified atom stereocenters. The number of nitrogens with two attached hydrogens (primary N) is 1. The minimum Gasteiger partial charge on any atom is -0.399 e. The number of hydrogen-bond donors (Lipinski definition) is 2. The highest BCUT2D eigenvalue weighted by Gasteiger charge is 2.24. The summed E-state index contributed by atoms with van der Waals surface area (Å²) in [6.07, 6.45) is 1.65. The van der Waals surface area contributed by atoms with Crippen LogP contribution in [0.25, 0.3) is 0 Å². The number of hydrogen-bond acceptors (Lipinski definition) is 5. The number of nitrogens with one attached hydrogen (secondary N) is 1. The first-order chi connectivity index (χ1) is 9.79. The van der Waals surface area contributed by atoms with Gasteiger partial charge in [-0.05, 0) is 12.1 Å². The second-order valence-corrected chi connectivity index (χ2v) is 6.00. The molecule has 0 atom stereocenters. The van der Waals surface area contributed by atoms with Crippen LogP contribution in [-0.2, 0) is 23.5 Å². The van der Waals surface area contributed by atoms with Gasteiger partial charge in [0.15, 0.2) is 10.7 Å². The van der Waals surface area contributed by atoms with E-state index in [0.29, 0.717) is 5.82 Å². The van der Waals surface area contributed by atoms with E-state index >= 15 is 0 Å². The number of anilines is 1. The molecular weight excluding hydrogens is 304 g/mol. The van der Waals surface area contributed by atoms with Crippen LogP contribution in [0, 0.1) is 11.6 Å². The van der Waals surface area contributed by atoms with Gasteiger partial charge in [0.05, 0.1) is 0 Å². The highest BCUT2D eigenvalue weighted by molar-refractivity contribution is 7.89. The molecule has 0 bridgehead atoms. The summed E-state index contributed by atoms with van der Waals surface area (Å²) in [7, 11) is -2.65. The first-order valence-corrected chi connectivity index (χ1v) is 7.36. The van der Waals surface area contributed by atoms with E-state index in [4.69, 9.17) is 5.73 Å². The number of sulfonamides is 1. The summed E-state index contributed by atoms with van der Waals surface area (Å²) in [6, 6.07) is 1.50. The predicted octanol–water partition coefficient (Wildman–Crippen LogP) is 0.197. The van der Waals surface area contributed by atoms with Crippen LogP contribution in [0.5, 0.6) is 0 Å². The topological polar surface area (TPSA) is 103 Å². The second kappa shape index (κ2) is 5.74. The van der Waals surface area contributed by atoms with Crippen molar-refractivity contribution < 1.29 is 17.2 Å². The Morgan fingerprint density at radius 1 is 1.33 bits per heavy atom. The fourth-order valence-electron chi connectivity index (χ4n) is 1.70. The lowest BCUT2D eigenvalue weighted by Gasteiger charge is -2.08. The molecule has 7 nitrogen and oxygen atoms in total. The molecule has 1 aromatic heterocycles. The van der Waals surface area contributed by atoms with Gasteiger partial charge in [-0.2, -0.15) is 5.10 Å². The molecule has 0 aliphatic heterocycles. The minimum atomic E-state index is -4.32. The van der Waals surface area contributed by atoms with Crippen LogP contribution < -0.4 is 10.5 Å². The summed E-state index contributed by atoms with van der Waals surface area (Å²) in [4.78, 5) is 2.86. The molecule has 1 heterocycles. The SMILES string of the molecule is Cn1cnc(CCNS(=O)(=O)c2c(F)cc(N)cc2F)n1. The van der Waals surface area contributed by atoms with Crippen LogP contribution in [0.15, 0.2) is 23.4 Å². The zero-order chi connectivity index (χ0) is 15.6. The van der Waals surface area contributed by atoms with Gasteiger partial charge in [0.25, 0.3) is 0 Å². The highest BCUT2D eigenvalue weighted by atomic mass is 32.2. The Bertz CT molecular complexity index is 737. The van der Waals surface area contributed by atoms with Crippen LogP contribution in [0.1, 0.15) is 5.82 Å². The monoisotopic (exact) mass is 317 g/mol. The van der Waals surface area contributed by atoms with E-state index in [1.54, 1.807) is 7.05 Å². The molecule has 0 fully saturated rings. The molecule has 21 heavy (non-hydrogen) atoms. The molecular formula is C11H13F2N5O2S. The van der Waals surface area contributed by atoms with Crippen LogP contribution in [0.2, 0.25) is 0 Å². The second-order valence-electron chi connectivity index (χ2n) is 4.30. The van der Waals surface area contributed by atoms with E-state index in [2.05, 4.69) is 14.8 Å². The number of nitrogens with zero attached hydrogens (tertiary/aromatic N) is 3. The standard InChI is InChI=1S/C11H13F2N5O2S/c1-18-6-15-10(17-18)2-3-16-21(19,20)11-8(12)4-7(14)5-9(11)13/h4-6,16H,2-3,14H2,1H3. The largest absolute Gasteiger partial charge is 0.399 e. The number of halogens is 2. The Hall–Kier alpha value is -2.07. The third-order valence-electron chi connectivity index (χ3n) is 2.58. The van der Waals surface area contributed by atoms with Gasteiger partial charge in [0.1, 0.15) is 18.0 Å². The van der Waals surface area contributed by atoms with Crippen molar-refractivity contribution in [2.24, 2.45) is 7.05 Å². The van der Waals surface area contributed by atoms with Crippen molar-refractivity contribution in [3.05, 3.63) is 35.9 Å². The molecule has 1 aromatic carbocycles. The van der Waals surface area contributed by atoms with Gasteiger partial charge in [-0.1, -0.05) is 0 Å². The molecule has 0 aliphatic carbocycles. The Morgan fingerprint density at radius 3 is 2.48 bits per heavy atom. The van der Waals surface area contributed by atoms with Gasteiger partial charge in [-0.15, -0.1) is 0 Å². The summed E-state index contributed by atoms with van der Waals surface area (Å²) >= 11 is 0. The number of aryl methyl sites for hydroxylation is 1. The fraction of sp³-hybridized carbons (Fsp3) is 0.273. The molecule has 0 amide bonds. The summed E-state index contributed by atoms with van der Waals surface area (Å²) in [5, 5.41) is 3.96. The molecule has 0 saturated heterocycles. The first-order valence-electron chi connectivity index (χ1n) is 5.88. The molecule has 114 valence electrons. The number of nitrogen functional groups attached to an aromatic ring is 1. The van der Waals surface area contributed by atoms with Crippen molar-refractivity contribution in [2.45, 2.75) is 11.3 Å². The number of rotatable bonds is 5. The molecule has 0 aliphatic rings. The summed E-state index contributed by atoms with van der Waals surface area (Å²) in [5.74, 6) is -2.06. The number of aromatic nitrogens is 3. The average molecular weight is 317 g/mol. The van der Waals surface area contributed by atoms with Crippen molar-refractivity contribution in [1.82, 2.24) is 19.5 Å². The van der Waals surface area contributed by atoms with E-state index in [1.807, 2.05) is 0 Å². The average Bonchev–Trinajstić information content (AvgIpc) is 2.72. The lowest BCUT2D eigenvalue weighted by Crippen LogP contribution is -2.28. The van der Waals surface area contributed by atoms with E-state index in [1.165, 1.54) is 11.0 Å². The van der Waals surface area contributed by atoms with E-state index < -0.39 is 26.6 Å². The van der Waals surface area contributed by atoms with Gasteiger partial charge >= 0.3 is 0 Å². The predicted molar refractivity (Wildman–Crippen MR) is 70.7 cm³/mol. The van der Waals surface area contributed by atoms with Gasteiger partial charge in [0.2, 0.25) is 10.0 Å². The molecule has 0 saturated carbocycles. The van der Waals surface area contributed by atoms with Gasteiger partial charge in [-0.25, -0.2) is 26.9 Å². The maximum atomic E-state index is 13.6. The Morgan fingerprint density at radius 2 is 1.95 bits per heavy atom. The molecule has 2 aromatic rings. The van der Waals surface area contributed by atoms with Crippen molar-refractivity contribution >= 4 is 15.7 Å². The third kappa shape index (κ3) is 3.52. The summed E-state index contributed by atoms with van der Waals surface area (Å²) in [6.45, 7) is -0.0877. The van der Waals surface area contributed by atoms with Crippen molar-refractivity contribution in [1.29, 1.82) is 0 Å². The summed E-state index contributed by atoms with van der Waals surface area (Å²) < 4.78 is 54.5. The molecule has 10 heteroatoms. The molecule has 2 rings (SSSR count). The Labute approximate surface area is 119 Å². The van der Waals surface area contributed by atoms with Crippen molar-refractivity contribution in [3.63, 3.8) is 0 Å². The van der Waals surface area contributed by atoms with Crippen LogP contribution in [-0.4, -0.2) is 29.7 Å². The number of benzene rings is 1. The van der Waals surface area contributed by atoms with E-state index in [0.717, 1.165) is 12.1 Å². The van der Waals surface area contributed by atoms with E-state index in [-0.39, 0.29) is 18.7 Å². The normalized spacial score (nSPS) is 11.8. The zero-order valence-corrected chi connectivity index (χ0v) is 11.9. The third-order valence-corrected chi connectivity index (χ3v) is 4.09. The highest BCUT2D eigenvalue weighted by Crippen LogP contribution is 2.21. The maximum Gasteiger partial charge on any atom is 0.246 e. The van der Waals surface area contributed by atoms with E-state index in [9.17, 15) is 17.2 Å². The Kier molecular flexibility index (Phi) is 4.19. The summed E-state index contributed by atoms with van der Waals surface area (Å²) in [5.41, 5.74) is 5.04. The molecule has 3 N–H and O–H groups in total. The fourth-order valence-corrected chi connectivity index (χ4v) is 2.85. The Balaban J connectivity index is 2.12. The minimum absolute atomic E-state index is 0.0877. The van der Waals surface area contributed by atoms with Gasteiger partial charge < -0.3 is 5.73 Å². The van der Waals surface area contributed by atoms with Crippen LogP contribution in [0.3, 0.4) is 0 Å². The lowest BCUT2D eigenvalue weighted by atomic mass is 10.3. The zero-order valence-electron chi connectivity index (χ0n) is 11.0. The smallest absolute Gasteiger partial charge is 0.246 e. The maximum absolute atomic E-state index is 13.6.